The van der Waals surface area contributed by atoms with Gasteiger partial charge in [-0.15, -0.1) is 0 Å². The Morgan fingerprint density at radius 3 is 2.12 bits per heavy atom. The SMILES string of the molecule is O=C(N[C@@H](Cc1ccc(Br)cc1)C(=O)O)c1c(F)cc(F)cc1F. The first-order valence-electron chi connectivity index (χ1n) is 6.70. The summed E-state index contributed by atoms with van der Waals surface area (Å²) in [5.74, 6) is -6.62. The van der Waals surface area contributed by atoms with Gasteiger partial charge < -0.3 is 10.4 Å². The molecule has 0 saturated carbocycles. The summed E-state index contributed by atoms with van der Waals surface area (Å²) in [5.41, 5.74) is -0.426. The van der Waals surface area contributed by atoms with E-state index in [-0.39, 0.29) is 6.42 Å². The van der Waals surface area contributed by atoms with Crippen molar-refractivity contribution in [3.8, 4) is 0 Å². The van der Waals surface area contributed by atoms with Gasteiger partial charge in [0, 0.05) is 23.0 Å². The maximum absolute atomic E-state index is 13.6. The molecule has 2 N–H and O–H groups in total. The van der Waals surface area contributed by atoms with Crippen LogP contribution in [0.4, 0.5) is 13.2 Å². The second-order valence-electron chi connectivity index (χ2n) is 4.94. The van der Waals surface area contributed by atoms with E-state index in [4.69, 9.17) is 0 Å². The Labute approximate surface area is 143 Å². The molecule has 0 fully saturated rings. The van der Waals surface area contributed by atoms with Gasteiger partial charge in [0.25, 0.3) is 5.91 Å². The van der Waals surface area contributed by atoms with Gasteiger partial charge in [-0.2, -0.15) is 0 Å². The first-order valence-corrected chi connectivity index (χ1v) is 7.50. The predicted octanol–water partition coefficient (Wildman–Crippen LogP) is 3.29. The quantitative estimate of drug-likeness (QED) is 0.807. The first-order chi connectivity index (χ1) is 11.3. The van der Waals surface area contributed by atoms with Gasteiger partial charge in [-0.3, -0.25) is 4.79 Å². The highest BCUT2D eigenvalue weighted by atomic mass is 79.9. The van der Waals surface area contributed by atoms with Crippen LogP contribution in [0.25, 0.3) is 0 Å². The normalized spacial score (nSPS) is 11.8. The van der Waals surface area contributed by atoms with Crippen LogP contribution in [-0.4, -0.2) is 23.0 Å². The Morgan fingerprint density at radius 1 is 1.08 bits per heavy atom. The number of carboxylic acids is 1. The fourth-order valence-electron chi connectivity index (χ4n) is 2.05. The molecule has 4 nitrogen and oxygen atoms in total. The molecule has 1 atom stereocenters. The molecule has 0 saturated heterocycles. The molecule has 0 bridgehead atoms. The van der Waals surface area contributed by atoms with E-state index in [1.165, 1.54) is 0 Å². The summed E-state index contributed by atoms with van der Waals surface area (Å²) in [7, 11) is 0. The molecule has 126 valence electrons. The van der Waals surface area contributed by atoms with Gasteiger partial charge in [0.2, 0.25) is 0 Å². The lowest BCUT2D eigenvalue weighted by molar-refractivity contribution is -0.139. The van der Waals surface area contributed by atoms with Crippen molar-refractivity contribution in [2.45, 2.75) is 12.5 Å². The third-order valence-electron chi connectivity index (χ3n) is 3.19. The van der Waals surface area contributed by atoms with E-state index in [2.05, 4.69) is 15.9 Å². The summed E-state index contributed by atoms with van der Waals surface area (Å²) in [6, 6.07) is 5.97. The number of halogens is 4. The average Bonchev–Trinajstić information content (AvgIpc) is 2.47. The highest BCUT2D eigenvalue weighted by Crippen LogP contribution is 2.16. The van der Waals surface area contributed by atoms with E-state index in [9.17, 15) is 27.9 Å². The Balaban J connectivity index is 2.20. The summed E-state index contributed by atoms with van der Waals surface area (Å²) < 4.78 is 40.8. The van der Waals surface area contributed by atoms with Crippen LogP contribution in [-0.2, 0) is 11.2 Å². The van der Waals surface area contributed by atoms with Crippen LogP contribution in [0.2, 0.25) is 0 Å². The minimum Gasteiger partial charge on any atom is -0.480 e. The fourth-order valence-corrected chi connectivity index (χ4v) is 2.31. The number of aliphatic carboxylic acids is 1. The summed E-state index contributed by atoms with van der Waals surface area (Å²) in [5, 5.41) is 11.2. The van der Waals surface area contributed by atoms with Gasteiger partial charge >= 0.3 is 5.97 Å². The van der Waals surface area contributed by atoms with Crippen LogP contribution >= 0.6 is 15.9 Å². The number of hydrogen-bond acceptors (Lipinski definition) is 2. The van der Waals surface area contributed by atoms with Gasteiger partial charge in [0.05, 0.1) is 0 Å². The van der Waals surface area contributed by atoms with Crippen LogP contribution in [0.15, 0.2) is 40.9 Å². The molecule has 0 heterocycles. The molecule has 0 aliphatic heterocycles. The van der Waals surface area contributed by atoms with Crippen LogP contribution < -0.4 is 5.32 Å². The Bertz CT molecular complexity index is 758. The Kier molecular flexibility index (Phi) is 5.61. The van der Waals surface area contributed by atoms with Crippen molar-refractivity contribution in [1.29, 1.82) is 0 Å². The second kappa shape index (κ2) is 7.48. The van der Waals surface area contributed by atoms with Crippen molar-refractivity contribution >= 4 is 27.8 Å². The van der Waals surface area contributed by atoms with E-state index in [0.717, 1.165) is 4.47 Å². The van der Waals surface area contributed by atoms with Gasteiger partial charge in [-0.25, -0.2) is 18.0 Å². The molecule has 2 aromatic rings. The fraction of sp³-hybridized carbons (Fsp3) is 0.125. The molecule has 2 rings (SSSR count). The van der Waals surface area contributed by atoms with E-state index in [0.29, 0.717) is 17.7 Å². The smallest absolute Gasteiger partial charge is 0.326 e. The second-order valence-corrected chi connectivity index (χ2v) is 5.85. The zero-order chi connectivity index (χ0) is 17.9. The summed E-state index contributed by atoms with van der Waals surface area (Å²) in [6.45, 7) is 0. The maximum atomic E-state index is 13.6. The number of amides is 1. The molecule has 0 unspecified atom stereocenters. The number of rotatable bonds is 5. The van der Waals surface area contributed by atoms with E-state index in [1.807, 2.05) is 5.32 Å². The van der Waals surface area contributed by atoms with Gasteiger partial charge in [-0.05, 0) is 17.7 Å². The van der Waals surface area contributed by atoms with Crippen LogP contribution in [0.5, 0.6) is 0 Å². The van der Waals surface area contributed by atoms with Gasteiger partial charge in [-0.1, -0.05) is 28.1 Å². The van der Waals surface area contributed by atoms with E-state index in [1.54, 1.807) is 24.3 Å². The molecular weight excluding hydrogens is 391 g/mol. The number of nitrogens with one attached hydrogen (secondary N) is 1. The van der Waals surface area contributed by atoms with Crippen molar-refractivity contribution in [2.75, 3.05) is 0 Å². The number of carboxylic acid groups (broad SMARTS) is 1. The van der Waals surface area contributed by atoms with Gasteiger partial charge in [0.1, 0.15) is 29.1 Å². The standard InChI is InChI=1S/C16H11BrF3NO3/c17-9-3-1-8(2-4-9)5-13(16(23)24)21-15(22)14-11(19)6-10(18)7-12(14)20/h1-4,6-7,13H,5H2,(H,21,22)(H,23,24)/t13-/m0/s1. The van der Waals surface area contributed by atoms with Crippen molar-refractivity contribution in [1.82, 2.24) is 5.32 Å². The zero-order valence-electron chi connectivity index (χ0n) is 12.0. The van der Waals surface area contributed by atoms with Crippen molar-refractivity contribution < 1.29 is 27.9 Å². The van der Waals surface area contributed by atoms with Crippen LogP contribution in [0.1, 0.15) is 15.9 Å². The number of benzene rings is 2. The molecule has 0 aromatic heterocycles. The molecule has 0 aliphatic carbocycles. The average molecular weight is 402 g/mol. The highest BCUT2D eigenvalue weighted by molar-refractivity contribution is 9.10. The summed E-state index contributed by atoms with van der Waals surface area (Å²) in [6.07, 6.45) is -0.0845. The molecule has 0 radical (unpaired) electrons. The lowest BCUT2D eigenvalue weighted by Crippen LogP contribution is -2.43. The predicted molar refractivity (Wildman–Crippen MR) is 83.1 cm³/mol. The number of carbonyl (C=O) groups is 2. The minimum absolute atomic E-state index is 0.0845. The van der Waals surface area contributed by atoms with Crippen molar-refractivity contribution in [3.05, 3.63) is 69.4 Å². The Hall–Kier alpha value is -2.35. The largest absolute Gasteiger partial charge is 0.480 e. The molecule has 2 aromatic carbocycles. The van der Waals surface area contributed by atoms with E-state index >= 15 is 0 Å². The molecule has 24 heavy (non-hydrogen) atoms. The third-order valence-corrected chi connectivity index (χ3v) is 3.72. The molecule has 1 amide bonds. The molecule has 0 spiro atoms. The van der Waals surface area contributed by atoms with Gasteiger partial charge in [0.15, 0.2) is 0 Å². The topological polar surface area (TPSA) is 66.4 Å². The number of carbonyl (C=O) groups excluding carboxylic acids is 1. The third kappa shape index (κ3) is 4.35. The lowest BCUT2D eigenvalue weighted by atomic mass is 10.1. The molecule has 0 aliphatic rings. The first kappa shape index (κ1) is 18.0. The monoisotopic (exact) mass is 401 g/mol. The highest BCUT2D eigenvalue weighted by Gasteiger charge is 2.25. The summed E-state index contributed by atoms with van der Waals surface area (Å²) in [4.78, 5) is 23.3. The lowest BCUT2D eigenvalue weighted by Gasteiger charge is -2.15. The van der Waals surface area contributed by atoms with E-state index < -0.39 is 40.9 Å². The minimum atomic E-state index is -1.40. The maximum Gasteiger partial charge on any atom is 0.326 e. The Morgan fingerprint density at radius 2 is 1.62 bits per heavy atom. The summed E-state index contributed by atoms with van der Waals surface area (Å²) >= 11 is 3.23. The zero-order valence-corrected chi connectivity index (χ0v) is 13.6. The number of hydrogen-bond donors (Lipinski definition) is 2. The van der Waals surface area contributed by atoms with Crippen LogP contribution in [0.3, 0.4) is 0 Å². The van der Waals surface area contributed by atoms with Crippen molar-refractivity contribution in [2.24, 2.45) is 0 Å². The van der Waals surface area contributed by atoms with Crippen LogP contribution in [0, 0.1) is 17.5 Å². The molecular formula is C16H11BrF3NO3. The molecule has 8 heteroatoms. The van der Waals surface area contributed by atoms with Crippen molar-refractivity contribution in [3.63, 3.8) is 0 Å².